The Morgan fingerprint density at radius 1 is 1.17 bits per heavy atom. The fourth-order valence-corrected chi connectivity index (χ4v) is 3.44. The predicted molar refractivity (Wildman–Crippen MR) is 92.2 cm³/mol. The fraction of sp³-hybridized carbons (Fsp3) is 0.316. The Kier molecular flexibility index (Phi) is 4.07. The van der Waals surface area contributed by atoms with Gasteiger partial charge in [-0.2, -0.15) is 0 Å². The van der Waals surface area contributed by atoms with Crippen LogP contribution in [0.15, 0.2) is 48.5 Å². The monoisotopic (exact) mass is 329 g/mol. The standard InChI is InChI=1S/C19H20ClNO2/c1-19(2)16(12-7-5-4-6-8-12)17(19)21-18(22)14-11-13(20)9-10-15(14)23-3/h4-11,16-17H,1-3H3,(H,21,22)/t16-,17+/m1/s1. The summed E-state index contributed by atoms with van der Waals surface area (Å²) < 4.78 is 5.27. The summed E-state index contributed by atoms with van der Waals surface area (Å²) in [5.74, 6) is 0.695. The number of carbonyl (C=O) groups is 1. The van der Waals surface area contributed by atoms with Crippen LogP contribution in [0, 0.1) is 5.41 Å². The Morgan fingerprint density at radius 2 is 1.87 bits per heavy atom. The van der Waals surface area contributed by atoms with Gasteiger partial charge in [-0.15, -0.1) is 0 Å². The number of methoxy groups -OCH3 is 1. The third kappa shape index (κ3) is 2.93. The summed E-state index contributed by atoms with van der Waals surface area (Å²) in [4.78, 5) is 12.6. The van der Waals surface area contributed by atoms with Crippen molar-refractivity contribution in [1.82, 2.24) is 5.32 Å². The molecule has 1 N–H and O–H groups in total. The minimum absolute atomic E-state index is 0.0306. The molecule has 1 amide bonds. The first-order valence-electron chi connectivity index (χ1n) is 7.64. The van der Waals surface area contributed by atoms with Crippen molar-refractivity contribution in [2.75, 3.05) is 7.11 Å². The average molecular weight is 330 g/mol. The molecule has 1 saturated carbocycles. The molecule has 0 radical (unpaired) electrons. The van der Waals surface area contributed by atoms with Crippen LogP contribution in [0.1, 0.15) is 35.7 Å². The van der Waals surface area contributed by atoms with E-state index in [1.807, 2.05) is 18.2 Å². The van der Waals surface area contributed by atoms with E-state index in [1.165, 1.54) is 5.56 Å². The topological polar surface area (TPSA) is 38.3 Å². The molecule has 1 aliphatic rings. The van der Waals surface area contributed by atoms with Gasteiger partial charge in [-0.05, 0) is 29.2 Å². The van der Waals surface area contributed by atoms with Gasteiger partial charge in [0.2, 0.25) is 0 Å². The van der Waals surface area contributed by atoms with Crippen LogP contribution < -0.4 is 10.1 Å². The number of rotatable bonds is 4. The van der Waals surface area contributed by atoms with Crippen molar-refractivity contribution >= 4 is 17.5 Å². The quantitative estimate of drug-likeness (QED) is 0.909. The van der Waals surface area contributed by atoms with Crippen molar-refractivity contribution in [3.8, 4) is 5.75 Å². The first kappa shape index (κ1) is 15.9. The number of halogens is 1. The van der Waals surface area contributed by atoms with Gasteiger partial charge in [0.05, 0.1) is 12.7 Å². The van der Waals surface area contributed by atoms with Crippen molar-refractivity contribution in [3.63, 3.8) is 0 Å². The number of benzene rings is 2. The highest BCUT2D eigenvalue weighted by atomic mass is 35.5. The SMILES string of the molecule is COc1ccc(Cl)cc1C(=O)N[C@H]1[C@@H](c2ccccc2)C1(C)C. The largest absolute Gasteiger partial charge is 0.496 e. The molecule has 3 nitrogen and oxygen atoms in total. The van der Waals surface area contributed by atoms with Crippen LogP contribution in [0.4, 0.5) is 0 Å². The summed E-state index contributed by atoms with van der Waals surface area (Å²) in [6, 6.07) is 15.4. The van der Waals surface area contributed by atoms with Gasteiger partial charge in [0.15, 0.2) is 0 Å². The van der Waals surface area contributed by atoms with Crippen LogP contribution >= 0.6 is 11.6 Å². The molecule has 1 fully saturated rings. The minimum Gasteiger partial charge on any atom is -0.496 e. The second kappa shape index (κ2) is 5.89. The van der Waals surface area contributed by atoms with Gasteiger partial charge in [-0.3, -0.25) is 4.79 Å². The van der Waals surface area contributed by atoms with Crippen molar-refractivity contribution in [1.29, 1.82) is 0 Å². The number of ether oxygens (including phenoxy) is 1. The fourth-order valence-electron chi connectivity index (χ4n) is 3.27. The lowest BCUT2D eigenvalue weighted by Crippen LogP contribution is -2.29. The van der Waals surface area contributed by atoms with Crippen LogP contribution in [0.5, 0.6) is 5.75 Å². The van der Waals surface area contributed by atoms with Gasteiger partial charge in [-0.25, -0.2) is 0 Å². The van der Waals surface area contributed by atoms with Crippen molar-refractivity contribution < 1.29 is 9.53 Å². The van der Waals surface area contributed by atoms with Crippen molar-refractivity contribution in [2.24, 2.45) is 5.41 Å². The molecule has 0 saturated heterocycles. The normalized spacial score (nSPS) is 21.6. The van der Waals surface area contributed by atoms with Gasteiger partial charge in [-0.1, -0.05) is 55.8 Å². The van der Waals surface area contributed by atoms with Crippen LogP contribution in [-0.4, -0.2) is 19.1 Å². The van der Waals surface area contributed by atoms with E-state index in [1.54, 1.807) is 25.3 Å². The van der Waals surface area contributed by atoms with E-state index in [2.05, 4.69) is 31.3 Å². The zero-order valence-corrected chi connectivity index (χ0v) is 14.2. The molecule has 0 aliphatic heterocycles. The number of carbonyl (C=O) groups excluding carboxylic acids is 1. The second-order valence-electron chi connectivity index (χ2n) is 6.51. The zero-order valence-electron chi connectivity index (χ0n) is 13.5. The number of nitrogens with one attached hydrogen (secondary N) is 1. The van der Waals surface area contributed by atoms with E-state index < -0.39 is 0 Å². The maximum absolute atomic E-state index is 12.6. The van der Waals surface area contributed by atoms with Crippen LogP contribution in [0.2, 0.25) is 5.02 Å². The van der Waals surface area contributed by atoms with E-state index in [4.69, 9.17) is 16.3 Å². The van der Waals surface area contributed by atoms with Gasteiger partial charge in [0.1, 0.15) is 5.75 Å². The maximum Gasteiger partial charge on any atom is 0.255 e. The van der Waals surface area contributed by atoms with Crippen molar-refractivity contribution in [3.05, 3.63) is 64.7 Å². The van der Waals surface area contributed by atoms with Gasteiger partial charge < -0.3 is 10.1 Å². The van der Waals surface area contributed by atoms with Crippen LogP contribution in [0.3, 0.4) is 0 Å². The molecule has 2 atom stereocenters. The predicted octanol–water partition coefficient (Wildman–Crippen LogP) is 4.27. The van der Waals surface area contributed by atoms with Gasteiger partial charge in [0.25, 0.3) is 5.91 Å². The van der Waals surface area contributed by atoms with Gasteiger partial charge >= 0.3 is 0 Å². The lowest BCUT2D eigenvalue weighted by Gasteiger charge is -2.10. The number of hydrogen-bond donors (Lipinski definition) is 1. The first-order chi connectivity index (χ1) is 10.9. The Hall–Kier alpha value is -2.00. The smallest absolute Gasteiger partial charge is 0.255 e. The summed E-state index contributed by atoms with van der Waals surface area (Å²) in [5.41, 5.74) is 1.75. The van der Waals surface area contributed by atoms with Gasteiger partial charge in [0, 0.05) is 17.0 Å². The molecule has 120 valence electrons. The molecular weight excluding hydrogens is 310 g/mol. The van der Waals surface area contributed by atoms with Crippen molar-refractivity contribution in [2.45, 2.75) is 25.8 Å². The summed E-state index contributed by atoms with van der Waals surface area (Å²) >= 11 is 6.02. The molecule has 0 spiro atoms. The summed E-state index contributed by atoms with van der Waals surface area (Å²) in [7, 11) is 1.55. The molecule has 0 bridgehead atoms. The Balaban J connectivity index is 1.80. The molecule has 0 heterocycles. The Morgan fingerprint density at radius 3 is 2.52 bits per heavy atom. The molecule has 1 aliphatic carbocycles. The molecule has 23 heavy (non-hydrogen) atoms. The number of amides is 1. The molecule has 0 aromatic heterocycles. The molecule has 2 aromatic rings. The zero-order chi connectivity index (χ0) is 16.6. The van der Waals surface area contributed by atoms with E-state index in [0.717, 1.165) is 0 Å². The highest BCUT2D eigenvalue weighted by Gasteiger charge is 2.59. The third-order valence-corrected chi connectivity index (χ3v) is 4.91. The average Bonchev–Trinajstić information content (AvgIpc) is 3.08. The Labute approximate surface area is 141 Å². The van der Waals surface area contributed by atoms with E-state index in [9.17, 15) is 4.79 Å². The first-order valence-corrected chi connectivity index (χ1v) is 8.02. The minimum atomic E-state index is -0.152. The highest BCUT2D eigenvalue weighted by Crippen LogP contribution is 2.58. The lowest BCUT2D eigenvalue weighted by atomic mass is 10.0. The summed E-state index contributed by atoms with van der Waals surface area (Å²) in [6.07, 6.45) is 0. The van der Waals surface area contributed by atoms with E-state index >= 15 is 0 Å². The molecular formula is C19H20ClNO2. The third-order valence-electron chi connectivity index (χ3n) is 4.68. The molecule has 0 unspecified atom stereocenters. The second-order valence-corrected chi connectivity index (χ2v) is 6.94. The van der Waals surface area contributed by atoms with E-state index in [-0.39, 0.29) is 17.4 Å². The molecule has 3 rings (SSSR count). The molecule has 2 aromatic carbocycles. The summed E-state index contributed by atoms with van der Waals surface area (Å²) in [6.45, 7) is 4.34. The maximum atomic E-state index is 12.6. The highest BCUT2D eigenvalue weighted by molar-refractivity contribution is 6.31. The number of hydrogen-bond acceptors (Lipinski definition) is 2. The van der Waals surface area contributed by atoms with Crippen LogP contribution in [-0.2, 0) is 0 Å². The lowest BCUT2D eigenvalue weighted by molar-refractivity contribution is 0.0943. The molecule has 4 heteroatoms. The summed E-state index contributed by atoms with van der Waals surface area (Å²) in [5, 5.41) is 3.65. The van der Waals surface area contributed by atoms with Crippen LogP contribution in [0.25, 0.3) is 0 Å². The van der Waals surface area contributed by atoms with E-state index in [0.29, 0.717) is 22.3 Å². The Bertz CT molecular complexity index is 727.